The van der Waals surface area contributed by atoms with Gasteiger partial charge in [0.25, 0.3) is 40.5 Å². The van der Waals surface area contributed by atoms with Crippen molar-refractivity contribution in [1.82, 2.24) is 0 Å². The molecule has 0 aromatic heterocycles. The molecule has 3 aliphatic rings. The monoisotopic (exact) mass is 945 g/mol. The van der Waals surface area contributed by atoms with E-state index in [0.717, 1.165) is 40.2 Å². The Morgan fingerprint density at radius 3 is 1.94 bits per heavy atom. The summed E-state index contributed by atoms with van der Waals surface area (Å²) in [6.45, 7) is 8.86. The highest BCUT2D eigenvalue weighted by Crippen LogP contribution is 2.49. The largest absolute Gasteiger partial charge is 0.457 e. The zero-order valence-corrected chi connectivity index (χ0v) is 38.7. The van der Waals surface area contributed by atoms with Gasteiger partial charge in [-0.15, -0.1) is 0 Å². The second-order valence-corrected chi connectivity index (χ2v) is 22.9. The molecule has 2 heterocycles. The Hall–Kier alpha value is -4.47. The van der Waals surface area contributed by atoms with Crippen LogP contribution in [0, 0.1) is 0 Å². The van der Waals surface area contributed by atoms with Gasteiger partial charge in [0.15, 0.2) is 5.71 Å². The first-order valence-corrected chi connectivity index (χ1v) is 26.5. The van der Waals surface area contributed by atoms with E-state index >= 15 is 0 Å². The molecule has 0 unspecified atom stereocenters. The smallest absolute Gasteiger partial charge is 0.294 e. The fraction of sp³-hybridized carbons (Fsp3) is 0.386. The van der Waals surface area contributed by atoms with Crippen LogP contribution in [0.5, 0.6) is 5.75 Å². The number of benzene rings is 3. The Kier molecular flexibility index (Phi) is 13.9. The summed E-state index contributed by atoms with van der Waals surface area (Å²) in [5.41, 5.74) is 5.41. The highest BCUT2D eigenvalue weighted by molar-refractivity contribution is 7.86. The van der Waals surface area contributed by atoms with E-state index in [1.54, 1.807) is 6.07 Å². The lowest BCUT2D eigenvalue weighted by Gasteiger charge is -2.27. The zero-order valence-electron chi connectivity index (χ0n) is 35.4. The number of para-hydroxylation sites is 1. The molecule has 0 bridgehead atoms. The van der Waals surface area contributed by atoms with Crippen LogP contribution in [-0.4, -0.2) is 86.8 Å². The molecule has 63 heavy (non-hydrogen) atoms. The Bertz CT molecular complexity index is 2890. The summed E-state index contributed by atoms with van der Waals surface area (Å²) < 4.78 is 141. The standard InChI is InChI=1S/C44H52N2O13S4/c1-43(2)36-14-5-6-15-38(36)45(26-7-9-28-60(47,48)49)40(43)24-16-31-12-11-13-32(42(31)59-33-18-20-34(21-19-33)62(53,54)55)17-25-41-44(3,4)37-30-35(63(56,57)58)22-23-39(37)46(41)27-8-10-29-61(50,51)52/h5-6,14-25,30H,7-13,26-29H2,1-4H3,(H3-,47,48,49,50,51,52,53,54,55,56,57,58)/p+1. The Labute approximate surface area is 370 Å². The minimum atomic E-state index is -4.54. The van der Waals surface area contributed by atoms with Gasteiger partial charge in [-0.05, 0) is 124 Å². The van der Waals surface area contributed by atoms with Crippen molar-refractivity contribution in [3.05, 3.63) is 125 Å². The van der Waals surface area contributed by atoms with Crippen molar-refractivity contribution in [3.8, 4) is 5.75 Å². The second-order valence-electron chi connectivity index (χ2n) is 16.9. The molecule has 3 aromatic rings. The predicted molar refractivity (Wildman–Crippen MR) is 240 cm³/mol. The minimum absolute atomic E-state index is 0.165. The Morgan fingerprint density at radius 2 is 1.30 bits per heavy atom. The number of allylic oxidation sites excluding steroid dienone is 7. The van der Waals surface area contributed by atoms with Gasteiger partial charge in [-0.25, -0.2) is 0 Å². The quantitative estimate of drug-likeness (QED) is 0.0581. The van der Waals surface area contributed by atoms with Gasteiger partial charge in [-0.2, -0.15) is 38.2 Å². The number of rotatable bonds is 17. The molecule has 1 aliphatic carbocycles. The first-order chi connectivity index (χ1) is 29.3. The summed E-state index contributed by atoms with van der Waals surface area (Å²) in [6, 6.07) is 17.7. The lowest BCUT2D eigenvalue weighted by Crippen LogP contribution is -2.28. The van der Waals surface area contributed by atoms with Gasteiger partial charge in [0.05, 0.1) is 26.7 Å². The number of unbranched alkanes of at least 4 members (excludes halogenated alkanes) is 2. The van der Waals surface area contributed by atoms with Crippen LogP contribution in [0.15, 0.2) is 123 Å². The third kappa shape index (κ3) is 11.3. The van der Waals surface area contributed by atoms with Crippen molar-refractivity contribution in [2.45, 2.75) is 93.3 Å². The van der Waals surface area contributed by atoms with Crippen LogP contribution in [0.3, 0.4) is 0 Å². The van der Waals surface area contributed by atoms with E-state index in [9.17, 15) is 51.9 Å². The first-order valence-electron chi connectivity index (χ1n) is 20.4. The summed E-state index contributed by atoms with van der Waals surface area (Å²) in [6.07, 6.45) is 11.0. The Balaban J connectivity index is 1.46. The van der Waals surface area contributed by atoms with Crippen molar-refractivity contribution < 1.29 is 61.2 Å². The fourth-order valence-corrected chi connectivity index (χ4v) is 10.7. The van der Waals surface area contributed by atoms with Crippen molar-refractivity contribution in [2.24, 2.45) is 0 Å². The second kappa shape index (κ2) is 18.2. The highest BCUT2D eigenvalue weighted by atomic mass is 32.2. The highest BCUT2D eigenvalue weighted by Gasteiger charge is 2.44. The third-order valence-corrected chi connectivity index (χ3v) is 15.1. The molecule has 0 spiro atoms. The summed E-state index contributed by atoms with van der Waals surface area (Å²) in [7, 11) is -17.3. The van der Waals surface area contributed by atoms with Crippen LogP contribution < -0.4 is 9.64 Å². The summed E-state index contributed by atoms with van der Waals surface area (Å²) >= 11 is 0. The summed E-state index contributed by atoms with van der Waals surface area (Å²) in [4.78, 5) is 1.39. The number of nitrogens with zero attached hydrogens (tertiary/aromatic N) is 2. The van der Waals surface area contributed by atoms with Gasteiger partial charge in [0.2, 0.25) is 5.69 Å². The van der Waals surface area contributed by atoms with Crippen molar-refractivity contribution in [1.29, 1.82) is 0 Å². The van der Waals surface area contributed by atoms with Gasteiger partial charge in [0, 0.05) is 47.5 Å². The molecule has 340 valence electrons. The van der Waals surface area contributed by atoms with Crippen LogP contribution in [0.1, 0.15) is 83.8 Å². The number of ether oxygens (including phenoxy) is 1. The molecular weight excluding hydrogens is 893 g/mol. The minimum Gasteiger partial charge on any atom is -0.457 e. The van der Waals surface area contributed by atoms with Crippen molar-refractivity contribution in [2.75, 3.05) is 29.5 Å². The maximum Gasteiger partial charge on any atom is 0.294 e. The summed E-state index contributed by atoms with van der Waals surface area (Å²) in [5.74, 6) is 0.0341. The SMILES string of the molecule is CC1(C)C(/C=C/C2=C(Oc3ccc(S(=O)(=O)O)cc3)C(=C/C=C3/N(CCCCS(=O)(=O)O)c4ccc(S(=O)(=O)O)cc4C3(C)C)/CCC2)=[N+](CCCCS(=O)(=O)O)c2ccccc21. The predicted octanol–water partition coefficient (Wildman–Crippen LogP) is 7.57. The molecule has 15 nitrogen and oxygen atoms in total. The molecule has 3 aromatic carbocycles. The average Bonchev–Trinajstić information content (AvgIpc) is 3.53. The molecule has 6 rings (SSSR count). The van der Waals surface area contributed by atoms with Crippen molar-refractivity contribution in [3.63, 3.8) is 0 Å². The van der Waals surface area contributed by atoms with Gasteiger partial charge >= 0.3 is 0 Å². The molecule has 19 heteroatoms. The number of anilines is 1. The zero-order chi connectivity index (χ0) is 46.2. The maximum atomic E-state index is 12.2. The summed E-state index contributed by atoms with van der Waals surface area (Å²) in [5, 5.41) is 0. The molecule has 0 radical (unpaired) electrons. The lowest BCUT2D eigenvalue weighted by atomic mass is 9.81. The first kappa shape index (κ1) is 48.0. The topological polar surface area (TPSA) is 233 Å². The van der Waals surface area contributed by atoms with Gasteiger partial charge in [0.1, 0.15) is 18.1 Å². The van der Waals surface area contributed by atoms with Gasteiger partial charge in [-0.1, -0.05) is 38.1 Å². The van der Waals surface area contributed by atoms with E-state index in [1.165, 1.54) is 36.4 Å². The molecule has 0 atom stereocenters. The number of hydrogen-bond donors (Lipinski definition) is 4. The molecule has 0 saturated carbocycles. The van der Waals surface area contributed by atoms with Gasteiger partial charge in [-0.3, -0.25) is 18.2 Å². The van der Waals surface area contributed by atoms with Crippen LogP contribution in [0.4, 0.5) is 11.4 Å². The average molecular weight is 946 g/mol. The van der Waals surface area contributed by atoms with Crippen LogP contribution in [0.2, 0.25) is 0 Å². The molecule has 0 amide bonds. The van der Waals surface area contributed by atoms with Gasteiger partial charge < -0.3 is 9.64 Å². The van der Waals surface area contributed by atoms with Crippen LogP contribution in [-0.2, 0) is 51.3 Å². The normalized spacial score (nSPS) is 19.1. The number of hydrogen-bond acceptors (Lipinski definition) is 10. The molecule has 4 N–H and O–H groups in total. The maximum absolute atomic E-state index is 12.2. The van der Waals surface area contributed by atoms with E-state index < -0.39 is 57.1 Å². The van der Waals surface area contributed by atoms with Crippen molar-refractivity contribution >= 4 is 57.6 Å². The van der Waals surface area contributed by atoms with E-state index in [2.05, 4.69) is 24.5 Å². The lowest BCUT2D eigenvalue weighted by molar-refractivity contribution is -0.438. The molecule has 0 fully saturated rings. The van der Waals surface area contributed by atoms with E-state index in [1.807, 2.05) is 61.3 Å². The molecule has 2 aliphatic heterocycles. The van der Waals surface area contributed by atoms with E-state index in [-0.39, 0.29) is 28.4 Å². The third-order valence-electron chi connectivity index (χ3n) is 11.7. The molecular formula is C44H53N2O13S4+. The number of fused-ring (bicyclic) bond motifs is 2. The fourth-order valence-electron chi connectivity index (χ4n) is 8.55. The van der Waals surface area contributed by atoms with Crippen LogP contribution in [0.25, 0.3) is 0 Å². The molecule has 0 saturated heterocycles. The van der Waals surface area contributed by atoms with Crippen LogP contribution >= 0.6 is 0 Å². The Morgan fingerprint density at radius 1 is 0.683 bits per heavy atom. The van der Waals surface area contributed by atoms with E-state index in [0.29, 0.717) is 61.5 Å². The van der Waals surface area contributed by atoms with E-state index in [4.69, 9.17) is 4.74 Å².